The summed E-state index contributed by atoms with van der Waals surface area (Å²) < 4.78 is 6.63. The van der Waals surface area contributed by atoms with Crippen molar-refractivity contribution < 1.29 is 60.3 Å². The molecule has 3 aromatic heterocycles. The summed E-state index contributed by atoms with van der Waals surface area (Å²) in [4.78, 5) is 0. The number of hydrogen-bond donors (Lipinski definition) is 0. The van der Waals surface area contributed by atoms with E-state index in [1.165, 1.54) is 79.4 Å². The molecule has 0 N–H and O–H groups in total. The topological polar surface area (TPSA) is 92.1 Å². The van der Waals surface area contributed by atoms with Crippen molar-refractivity contribution in [3.63, 3.8) is 0 Å². The number of unbranched alkanes of at least 4 members (excludes halogenated alkanes) is 1. The van der Waals surface area contributed by atoms with E-state index in [2.05, 4.69) is 314 Å². The number of para-hydroxylation sites is 1. The van der Waals surface area contributed by atoms with Crippen LogP contribution in [0.1, 0.15) is 136 Å². The summed E-state index contributed by atoms with van der Waals surface area (Å²) in [5.74, 6) is 5.82. The molecule has 96 heavy (non-hydrogen) atoms. The summed E-state index contributed by atoms with van der Waals surface area (Å²) in [6, 6.07) is 75.9. The van der Waals surface area contributed by atoms with E-state index in [4.69, 9.17) is 10.2 Å². The molecule has 12 aromatic rings. The second-order valence-corrected chi connectivity index (χ2v) is 32.4. The first-order chi connectivity index (χ1) is 44.5. The fourth-order valence-electron chi connectivity index (χ4n) is 12.2. The van der Waals surface area contributed by atoms with Crippen LogP contribution in [-0.2, 0) is 72.2 Å². The number of hydrogen-bond acceptors (Lipinski definition) is 6. The molecule has 3 heterocycles. The quantitative estimate of drug-likeness (QED) is 0.0750. The Morgan fingerprint density at radius 2 is 0.896 bits per heavy atom. The van der Waals surface area contributed by atoms with Gasteiger partial charge in [-0.25, -0.2) is 0 Å². The Morgan fingerprint density at radius 3 is 1.35 bits per heavy atom. The summed E-state index contributed by atoms with van der Waals surface area (Å²) >= 11 is 0. The Morgan fingerprint density at radius 1 is 0.438 bits per heavy atom. The maximum atomic E-state index is 4.70. The predicted molar refractivity (Wildman–Crippen MR) is 390 cm³/mol. The molecule has 0 atom stereocenters. The van der Waals surface area contributed by atoms with Crippen molar-refractivity contribution in [2.45, 2.75) is 153 Å². The van der Waals surface area contributed by atoms with Crippen LogP contribution in [0.2, 0.25) is 19.6 Å². The Labute approximate surface area is 613 Å². The molecular weight excluding hydrogens is 1730 g/mol. The summed E-state index contributed by atoms with van der Waals surface area (Å²) in [5.41, 5.74) is 22.2. The summed E-state index contributed by atoms with van der Waals surface area (Å²) in [5, 5.41) is 29.4. The van der Waals surface area contributed by atoms with Crippen LogP contribution >= 0.6 is 0 Å². The molecule has 0 spiro atoms. The molecule has 0 unspecified atom stereocenters. The maximum absolute atomic E-state index is 4.70. The van der Waals surface area contributed by atoms with Gasteiger partial charge in [-0.15, -0.1) is 122 Å². The fraction of sp³-hybridized carbons (Fsp3) is 0.277. The molecule has 0 amide bonds. The van der Waals surface area contributed by atoms with E-state index in [9.17, 15) is 0 Å². The number of aryl methyl sites for hydroxylation is 7. The van der Waals surface area contributed by atoms with Gasteiger partial charge in [0, 0.05) is 102 Å². The molecule has 3 radical (unpaired) electrons. The molecule has 501 valence electrons. The molecule has 9 aromatic carbocycles. The number of rotatable bonds is 15. The number of benzene rings is 9. The molecule has 0 aliphatic rings. The molecule has 0 aliphatic carbocycles. The van der Waals surface area contributed by atoms with Gasteiger partial charge >= 0.3 is 0 Å². The molecule has 0 aliphatic heterocycles. The molecule has 12 rings (SSSR count). The zero-order valence-electron chi connectivity index (χ0n) is 58.7. The first kappa shape index (κ1) is 75.9. The largest absolute Gasteiger partial charge is 0.316 e. The molecule has 13 heteroatoms. The van der Waals surface area contributed by atoms with E-state index in [0.29, 0.717) is 11.8 Å². The Balaban J connectivity index is 0.000000200. The SMILES string of the molecule is CCCCc1ccc(-n2c(-c3[c-]cccc3)nnc2-c2c(C)cccc2C)c(C)c1.Cc1cccc(C)c1-c1nnc(-c2[c-]cc([Si](C)(C)C)cc2)n1-c1ccc(C(C)(C)C)cc1.Cc1ccccc1-c1nnc(-c2[c-]cccc2)n1-c1c(C(C)C)cccc1C(C)C.[Ir].[Ir].[Ir]. The van der Waals surface area contributed by atoms with Crippen molar-refractivity contribution in [3.8, 4) is 85.4 Å². The number of nitrogens with zero attached hydrogens (tertiary/aromatic N) is 9. The first-order valence-electron chi connectivity index (χ1n) is 32.9. The zero-order chi connectivity index (χ0) is 66.3. The standard InChI is InChI=1S/C29H34N3Si.2C27H28N3.3Ir/c1-20-10-9-11-21(2)26(20)28-31-30-27(22-12-18-25(19-13-22)33(6,7)8)32(28)24-16-14-23(15-17-24)29(3,4)5;1-18(2)22-16-11-17-23(19(3)4)25(22)30-26(21-13-7-6-8-14-21)28-29-27(30)24-15-10-9-12-20(24)5;1-5-6-13-22-16-17-24(21(4)18-22)30-26(23-14-8-7-9-15-23)28-29-27(30)25-19(2)11-10-12-20(25)3;;;/h9-12,14-19H,1-8H3;6-13,15-19H,1-5H3;7-12,14,16-18H,5-6,13H2,1-4H3;;;/q3*-1;;;. The van der Waals surface area contributed by atoms with Crippen LogP contribution in [0.5, 0.6) is 0 Å². The molecule has 0 fully saturated rings. The minimum Gasteiger partial charge on any atom is -0.316 e. The third-order valence-corrected chi connectivity index (χ3v) is 19.5. The first-order valence-corrected chi connectivity index (χ1v) is 36.4. The second-order valence-electron chi connectivity index (χ2n) is 27.3. The Kier molecular flexibility index (Phi) is 26.3. The van der Waals surface area contributed by atoms with Crippen LogP contribution in [0.25, 0.3) is 85.4 Å². The third-order valence-electron chi connectivity index (χ3n) is 17.5. The molecule has 0 saturated heterocycles. The Bertz CT molecular complexity index is 4450. The molecule has 0 bridgehead atoms. The van der Waals surface area contributed by atoms with E-state index < -0.39 is 8.07 Å². The van der Waals surface area contributed by atoms with E-state index >= 15 is 0 Å². The van der Waals surface area contributed by atoms with Gasteiger partial charge in [0.25, 0.3) is 0 Å². The van der Waals surface area contributed by atoms with Gasteiger partial charge in [-0.2, -0.15) is 15.3 Å². The molecule has 0 saturated carbocycles. The van der Waals surface area contributed by atoms with Gasteiger partial charge in [0.15, 0.2) is 17.5 Å². The van der Waals surface area contributed by atoms with E-state index in [-0.39, 0.29) is 65.7 Å². The molecule has 9 nitrogen and oxygen atoms in total. The van der Waals surface area contributed by atoms with Crippen LogP contribution in [0.15, 0.2) is 188 Å². The van der Waals surface area contributed by atoms with Gasteiger partial charge in [-0.1, -0.05) is 185 Å². The predicted octanol–water partition coefficient (Wildman–Crippen LogP) is 20.5. The van der Waals surface area contributed by atoms with Crippen LogP contribution < -0.4 is 5.19 Å². The summed E-state index contributed by atoms with van der Waals surface area (Å²) in [6.07, 6.45) is 3.53. The van der Waals surface area contributed by atoms with Gasteiger partial charge in [0.05, 0.1) is 17.5 Å². The van der Waals surface area contributed by atoms with Crippen molar-refractivity contribution in [2.75, 3.05) is 0 Å². The van der Waals surface area contributed by atoms with E-state index in [1.807, 2.05) is 42.5 Å². The van der Waals surface area contributed by atoms with Gasteiger partial charge in [-0.3, -0.25) is 0 Å². The average Bonchev–Trinajstić information content (AvgIpc) is 1.56. The normalized spacial score (nSPS) is 11.2. The summed E-state index contributed by atoms with van der Waals surface area (Å²) in [6.45, 7) is 37.8. The van der Waals surface area contributed by atoms with Crippen molar-refractivity contribution in [1.82, 2.24) is 44.3 Å². The number of aromatic nitrogens is 9. The zero-order valence-corrected chi connectivity index (χ0v) is 66.9. The van der Waals surface area contributed by atoms with E-state index in [1.54, 1.807) is 0 Å². The van der Waals surface area contributed by atoms with Crippen LogP contribution in [-0.4, -0.2) is 52.4 Å². The van der Waals surface area contributed by atoms with Crippen LogP contribution in [0.3, 0.4) is 0 Å². The van der Waals surface area contributed by atoms with Gasteiger partial charge in [-0.05, 0) is 145 Å². The maximum Gasteiger partial charge on any atom is 0.159 e. The van der Waals surface area contributed by atoms with E-state index in [0.717, 1.165) is 86.1 Å². The minimum atomic E-state index is -1.40. The van der Waals surface area contributed by atoms with Gasteiger partial charge in [0.2, 0.25) is 0 Å². The van der Waals surface area contributed by atoms with Crippen molar-refractivity contribution in [2.24, 2.45) is 0 Å². The second kappa shape index (κ2) is 33.2. The smallest absolute Gasteiger partial charge is 0.159 e. The third kappa shape index (κ3) is 16.9. The van der Waals surface area contributed by atoms with Crippen molar-refractivity contribution in [3.05, 3.63) is 262 Å². The van der Waals surface area contributed by atoms with Crippen LogP contribution in [0.4, 0.5) is 0 Å². The minimum absolute atomic E-state index is 0. The van der Waals surface area contributed by atoms with Crippen molar-refractivity contribution in [1.29, 1.82) is 0 Å². The van der Waals surface area contributed by atoms with Crippen LogP contribution in [0, 0.1) is 59.7 Å². The average molecular weight is 1820 g/mol. The Hall–Kier alpha value is -7.44. The van der Waals surface area contributed by atoms with Gasteiger partial charge in [0.1, 0.15) is 0 Å². The van der Waals surface area contributed by atoms with Crippen molar-refractivity contribution >= 4 is 13.3 Å². The molecular formula is C83H90Ir3N9Si-3. The summed E-state index contributed by atoms with van der Waals surface area (Å²) in [7, 11) is -1.40. The van der Waals surface area contributed by atoms with Gasteiger partial charge < -0.3 is 13.7 Å². The monoisotopic (exact) mass is 1820 g/mol. The fourth-order valence-corrected chi connectivity index (χ4v) is 13.3.